The van der Waals surface area contributed by atoms with Gasteiger partial charge in [0.05, 0.1) is 47.6 Å². The largest absolute Gasteiger partial charge is 0.469 e. The van der Waals surface area contributed by atoms with E-state index in [1.165, 1.54) is 13.2 Å². The summed E-state index contributed by atoms with van der Waals surface area (Å²) in [5.74, 6) is -1.71. The number of esters is 2. The van der Waals surface area contributed by atoms with Gasteiger partial charge in [0.15, 0.2) is 5.60 Å². The fourth-order valence-electron chi connectivity index (χ4n) is 6.01. The van der Waals surface area contributed by atoms with Crippen molar-refractivity contribution >= 4 is 34.4 Å². The maximum absolute atomic E-state index is 14.8. The van der Waals surface area contributed by atoms with Gasteiger partial charge in [-0.3, -0.25) is 9.59 Å². The number of hydrogen-bond acceptors (Lipinski definition) is 8. The number of aryl methyl sites for hydroxylation is 1. The van der Waals surface area contributed by atoms with Crippen molar-refractivity contribution in [2.45, 2.75) is 57.4 Å². The molecule has 6 rings (SSSR count). The number of ether oxygens (including phenoxy) is 2. The maximum atomic E-state index is 14.8. The molecule has 3 aromatic rings. The molecule has 11 heteroatoms. The number of rotatable bonds is 5. The SMILES string of the molecule is CC[C@@]1(O)C(=O)OCc2c1cc1n(c2=O)Cc2c-1nc1cc(F)c(Cl)c3c1c2[C@@H](NCCC(=O)OC)CC3. The summed E-state index contributed by atoms with van der Waals surface area (Å²) >= 11 is 6.39. The number of halogens is 2. The molecule has 0 radical (unpaired) electrons. The van der Waals surface area contributed by atoms with E-state index < -0.39 is 17.4 Å². The molecule has 2 atom stereocenters. The summed E-state index contributed by atoms with van der Waals surface area (Å²) < 4.78 is 26.3. The standard InChI is InChI=1S/C27H25ClFN3O6/c1-3-27(36)15-8-19-24-13(10-32(19)25(34)14(15)11-38-26(27)35)22-17(30-7-6-20(33)37-2)5-4-12-21(22)18(31-24)9-16(29)23(12)28/h8-9,17,30,36H,3-7,10-11H2,1-2H3/t17-,27-/m0/s1. The molecule has 198 valence electrons. The highest BCUT2D eigenvalue weighted by molar-refractivity contribution is 6.32. The Labute approximate surface area is 221 Å². The molecular weight excluding hydrogens is 517 g/mol. The summed E-state index contributed by atoms with van der Waals surface area (Å²) in [7, 11) is 1.34. The van der Waals surface area contributed by atoms with Crippen molar-refractivity contribution in [2.75, 3.05) is 13.7 Å². The van der Waals surface area contributed by atoms with Crippen molar-refractivity contribution in [3.8, 4) is 11.4 Å². The zero-order valence-corrected chi connectivity index (χ0v) is 21.6. The van der Waals surface area contributed by atoms with Gasteiger partial charge >= 0.3 is 11.9 Å². The highest BCUT2D eigenvalue weighted by atomic mass is 35.5. The molecule has 0 spiro atoms. The molecule has 2 N–H and O–H groups in total. The van der Waals surface area contributed by atoms with Gasteiger partial charge in [0, 0.05) is 35.2 Å². The van der Waals surface area contributed by atoms with Crippen molar-refractivity contribution < 1.29 is 28.6 Å². The van der Waals surface area contributed by atoms with Crippen molar-refractivity contribution in [3.63, 3.8) is 0 Å². The predicted octanol–water partition coefficient (Wildman–Crippen LogP) is 3.01. The third-order valence-electron chi connectivity index (χ3n) is 7.99. The third-order valence-corrected chi connectivity index (χ3v) is 8.40. The topological polar surface area (TPSA) is 120 Å². The second-order valence-electron chi connectivity index (χ2n) is 9.87. The fourth-order valence-corrected chi connectivity index (χ4v) is 6.25. The minimum atomic E-state index is -1.94. The number of methoxy groups -OCH3 is 1. The highest BCUT2D eigenvalue weighted by Gasteiger charge is 2.46. The number of carbonyl (C=O) groups is 2. The molecule has 0 unspecified atom stereocenters. The number of cyclic esters (lactones) is 1. The van der Waals surface area contributed by atoms with Crippen LogP contribution in [0.3, 0.4) is 0 Å². The number of pyridine rings is 2. The Hall–Kier alpha value is -3.34. The van der Waals surface area contributed by atoms with Crippen LogP contribution in [-0.2, 0) is 44.2 Å². The van der Waals surface area contributed by atoms with Gasteiger partial charge in [0.1, 0.15) is 12.4 Å². The summed E-state index contributed by atoms with van der Waals surface area (Å²) in [5.41, 5.74) is 1.76. The van der Waals surface area contributed by atoms with Gasteiger partial charge in [-0.25, -0.2) is 14.2 Å². The van der Waals surface area contributed by atoms with Gasteiger partial charge in [-0.05, 0) is 36.5 Å². The molecule has 3 aliphatic rings. The summed E-state index contributed by atoms with van der Waals surface area (Å²) in [6.45, 7) is 1.99. The zero-order valence-electron chi connectivity index (χ0n) is 20.8. The number of nitrogens with zero attached hydrogens (tertiary/aromatic N) is 2. The number of benzene rings is 1. The van der Waals surface area contributed by atoms with E-state index in [4.69, 9.17) is 26.1 Å². The maximum Gasteiger partial charge on any atom is 0.343 e. The van der Waals surface area contributed by atoms with E-state index >= 15 is 0 Å². The average molecular weight is 542 g/mol. The highest BCUT2D eigenvalue weighted by Crippen LogP contribution is 2.46. The number of fused-ring (bicyclic) bond motifs is 5. The van der Waals surface area contributed by atoms with Crippen LogP contribution in [0.2, 0.25) is 5.02 Å². The van der Waals surface area contributed by atoms with Crippen molar-refractivity contribution in [1.29, 1.82) is 0 Å². The minimum absolute atomic E-state index is 0.0320. The lowest BCUT2D eigenvalue weighted by Gasteiger charge is -2.31. The van der Waals surface area contributed by atoms with Crippen LogP contribution >= 0.6 is 11.6 Å². The van der Waals surface area contributed by atoms with Gasteiger partial charge in [-0.1, -0.05) is 18.5 Å². The van der Waals surface area contributed by atoms with E-state index in [2.05, 4.69) is 5.32 Å². The van der Waals surface area contributed by atoms with E-state index in [-0.39, 0.29) is 59.7 Å². The molecule has 2 aliphatic heterocycles. The quantitative estimate of drug-likeness (QED) is 0.370. The van der Waals surface area contributed by atoms with E-state index in [0.717, 1.165) is 16.5 Å². The molecule has 0 amide bonds. The Kier molecular flexibility index (Phi) is 5.82. The van der Waals surface area contributed by atoms with E-state index in [9.17, 15) is 23.9 Å². The Balaban J connectivity index is 1.57. The minimum Gasteiger partial charge on any atom is -0.469 e. The fraction of sp³-hybridized carbons (Fsp3) is 0.407. The molecular formula is C27H25ClFN3O6. The van der Waals surface area contributed by atoms with E-state index in [1.807, 2.05) is 0 Å². The van der Waals surface area contributed by atoms with Crippen LogP contribution in [0.25, 0.3) is 22.3 Å². The number of hydrogen-bond donors (Lipinski definition) is 2. The summed E-state index contributed by atoms with van der Waals surface area (Å²) in [5, 5.41) is 15.4. The van der Waals surface area contributed by atoms with Crippen LogP contribution in [0.1, 0.15) is 60.0 Å². The summed E-state index contributed by atoms with van der Waals surface area (Å²) in [6.07, 6.45) is 1.32. The van der Waals surface area contributed by atoms with Crippen LogP contribution in [0.15, 0.2) is 16.9 Å². The Morgan fingerprint density at radius 1 is 1.34 bits per heavy atom. The lowest BCUT2D eigenvalue weighted by Crippen LogP contribution is -2.44. The second kappa shape index (κ2) is 8.86. The molecule has 0 fully saturated rings. The van der Waals surface area contributed by atoms with Crippen LogP contribution in [0.4, 0.5) is 4.39 Å². The first kappa shape index (κ1) is 25.0. The van der Waals surface area contributed by atoms with Gasteiger partial charge in [0.2, 0.25) is 0 Å². The zero-order chi connectivity index (χ0) is 26.9. The molecule has 2 aromatic heterocycles. The first-order valence-corrected chi connectivity index (χ1v) is 12.9. The van der Waals surface area contributed by atoms with E-state index in [1.54, 1.807) is 17.6 Å². The predicted molar refractivity (Wildman–Crippen MR) is 135 cm³/mol. The van der Waals surface area contributed by atoms with Gasteiger partial charge < -0.3 is 24.5 Å². The molecule has 38 heavy (non-hydrogen) atoms. The molecule has 0 saturated heterocycles. The first-order valence-electron chi connectivity index (χ1n) is 12.5. The van der Waals surface area contributed by atoms with Gasteiger partial charge in [0.25, 0.3) is 5.56 Å². The Morgan fingerprint density at radius 3 is 2.87 bits per heavy atom. The second-order valence-corrected chi connectivity index (χ2v) is 10.3. The number of nitrogens with one attached hydrogen (secondary N) is 1. The Morgan fingerprint density at radius 2 is 2.13 bits per heavy atom. The summed E-state index contributed by atoms with van der Waals surface area (Å²) in [4.78, 5) is 42.6. The van der Waals surface area contributed by atoms with Crippen LogP contribution in [-0.4, -0.2) is 40.3 Å². The lowest BCUT2D eigenvalue weighted by atomic mass is 9.83. The molecule has 0 bridgehead atoms. The number of aromatic nitrogens is 2. The molecule has 4 heterocycles. The average Bonchev–Trinajstić information content (AvgIpc) is 3.28. The van der Waals surface area contributed by atoms with Gasteiger partial charge in [-0.15, -0.1) is 0 Å². The number of aliphatic hydroxyl groups is 1. The molecule has 9 nitrogen and oxygen atoms in total. The molecule has 1 aromatic carbocycles. The van der Waals surface area contributed by atoms with Crippen LogP contribution in [0, 0.1) is 5.82 Å². The summed E-state index contributed by atoms with van der Waals surface area (Å²) in [6, 6.07) is 2.72. The normalized spacial score (nSPS) is 21.1. The lowest BCUT2D eigenvalue weighted by molar-refractivity contribution is -0.172. The molecule has 0 saturated carbocycles. The van der Waals surface area contributed by atoms with Crippen LogP contribution < -0.4 is 10.9 Å². The monoisotopic (exact) mass is 541 g/mol. The Bertz CT molecular complexity index is 1620. The third kappa shape index (κ3) is 3.43. The van der Waals surface area contributed by atoms with Crippen molar-refractivity contribution in [1.82, 2.24) is 14.9 Å². The van der Waals surface area contributed by atoms with Gasteiger partial charge in [-0.2, -0.15) is 0 Å². The first-order chi connectivity index (χ1) is 18.2. The van der Waals surface area contributed by atoms with Crippen LogP contribution in [0.5, 0.6) is 0 Å². The van der Waals surface area contributed by atoms with E-state index in [0.29, 0.717) is 41.9 Å². The van der Waals surface area contributed by atoms with Crippen molar-refractivity contribution in [2.24, 2.45) is 0 Å². The van der Waals surface area contributed by atoms with Crippen molar-refractivity contribution in [3.05, 3.63) is 61.1 Å². The smallest absolute Gasteiger partial charge is 0.343 e. The number of carbonyl (C=O) groups excluding carboxylic acids is 2. The molecule has 1 aliphatic carbocycles.